The van der Waals surface area contributed by atoms with Crippen LogP contribution in [0.3, 0.4) is 0 Å². The standard InChI is InChI=1S/C11H16F3N3O2S/c1-6(2)3-7(4-8(18)19)5-15-10-17-16-9(20-10)11(12,13)14/h6-7H,3-5H2,1-2H3,(H,15,17)(H,18,19). The molecule has 0 radical (unpaired) electrons. The molecule has 0 spiro atoms. The average molecular weight is 311 g/mol. The van der Waals surface area contributed by atoms with Crippen molar-refractivity contribution in [1.82, 2.24) is 10.2 Å². The van der Waals surface area contributed by atoms with Crippen molar-refractivity contribution in [3.05, 3.63) is 5.01 Å². The van der Waals surface area contributed by atoms with E-state index in [1.54, 1.807) is 0 Å². The van der Waals surface area contributed by atoms with Gasteiger partial charge in [-0.1, -0.05) is 25.2 Å². The van der Waals surface area contributed by atoms with Crippen LogP contribution in [0.4, 0.5) is 18.3 Å². The molecule has 1 rings (SSSR count). The molecule has 114 valence electrons. The predicted octanol–water partition coefficient (Wildman–Crippen LogP) is 3.11. The van der Waals surface area contributed by atoms with Crippen LogP contribution in [-0.4, -0.2) is 27.8 Å². The summed E-state index contributed by atoms with van der Waals surface area (Å²) in [6.07, 6.45) is -3.86. The molecule has 0 saturated carbocycles. The maximum Gasteiger partial charge on any atom is 0.445 e. The minimum absolute atomic E-state index is 0.0316. The van der Waals surface area contributed by atoms with Crippen LogP contribution in [0.5, 0.6) is 0 Å². The summed E-state index contributed by atoms with van der Waals surface area (Å²) in [6, 6.07) is 0. The van der Waals surface area contributed by atoms with Crippen molar-refractivity contribution in [1.29, 1.82) is 0 Å². The van der Waals surface area contributed by atoms with Crippen molar-refractivity contribution in [3.8, 4) is 0 Å². The first kappa shape index (κ1) is 16.7. The van der Waals surface area contributed by atoms with Crippen LogP contribution in [-0.2, 0) is 11.0 Å². The van der Waals surface area contributed by atoms with E-state index in [4.69, 9.17) is 5.11 Å². The van der Waals surface area contributed by atoms with Gasteiger partial charge < -0.3 is 10.4 Å². The molecule has 1 atom stereocenters. The zero-order valence-corrected chi connectivity index (χ0v) is 11.9. The summed E-state index contributed by atoms with van der Waals surface area (Å²) in [7, 11) is 0. The second-order valence-electron chi connectivity index (χ2n) is 4.88. The molecule has 1 aromatic rings. The van der Waals surface area contributed by atoms with Crippen LogP contribution in [0.1, 0.15) is 31.7 Å². The molecule has 0 aliphatic heterocycles. The topological polar surface area (TPSA) is 75.1 Å². The quantitative estimate of drug-likeness (QED) is 0.809. The Morgan fingerprint density at radius 1 is 1.40 bits per heavy atom. The molecule has 1 heterocycles. The minimum atomic E-state index is -4.50. The molecule has 0 amide bonds. The van der Waals surface area contributed by atoms with Crippen LogP contribution in [0.25, 0.3) is 0 Å². The third-order valence-electron chi connectivity index (χ3n) is 2.48. The Hall–Kier alpha value is -1.38. The van der Waals surface area contributed by atoms with E-state index in [0.29, 0.717) is 23.7 Å². The summed E-state index contributed by atoms with van der Waals surface area (Å²) in [5.74, 6) is -0.780. The van der Waals surface area contributed by atoms with Gasteiger partial charge in [-0.25, -0.2) is 0 Å². The van der Waals surface area contributed by atoms with Crippen LogP contribution >= 0.6 is 11.3 Å². The lowest BCUT2D eigenvalue weighted by molar-refractivity contribution is -0.139. The monoisotopic (exact) mass is 311 g/mol. The van der Waals surface area contributed by atoms with Gasteiger partial charge in [0.15, 0.2) is 0 Å². The smallest absolute Gasteiger partial charge is 0.445 e. The van der Waals surface area contributed by atoms with Crippen LogP contribution in [0, 0.1) is 11.8 Å². The first-order valence-electron chi connectivity index (χ1n) is 6.04. The number of halogens is 3. The van der Waals surface area contributed by atoms with E-state index in [0.717, 1.165) is 0 Å². The Morgan fingerprint density at radius 2 is 2.05 bits per heavy atom. The van der Waals surface area contributed by atoms with Gasteiger partial charge in [-0.15, -0.1) is 10.2 Å². The lowest BCUT2D eigenvalue weighted by Crippen LogP contribution is -2.19. The normalized spacial score (nSPS) is 13.5. The van der Waals surface area contributed by atoms with Gasteiger partial charge in [-0.3, -0.25) is 4.79 Å². The van der Waals surface area contributed by atoms with Crippen molar-refractivity contribution in [2.24, 2.45) is 11.8 Å². The zero-order chi connectivity index (χ0) is 15.3. The molecule has 1 aromatic heterocycles. The van der Waals surface area contributed by atoms with E-state index in [1.807, 2.05) is 13.8 Å². The maximum atomic E-state index is 12.3. The molecule has 9 heteroatoms. The van der Waals surface area contributed by atoms with E-state index in [-0.39, 0.29) is 24.0 Å². The fraction of sp³-hybridized carbons (Fsp3) is 0.727. The van der Waals surface area contributed by atoms with E-state index >= 15 is 0 Å². The number of aromatic nitrogens is 2. The molecular weight excluding hydrogens is 295 g/mol. The SMILES string of the molecule is CC(C)CC(CNc1nnc(C(F)(F)F)s1)CC(=O)O. The molecule has 1 unspecified atom stereocenters. The molecule has 0 saturated heterocycles. The summed E-state index contributed by atoms with van der Waals surface area (Å²) in [6.45, 7) is 4.18. The van der Waals surface area contributed by atoms with Crippen molar-refractivity contribution in [3.63, 3.8) is 0 Å². The Balaban J connectivity index is 2.58. The summed E-state index contributed by atoms with van der Waals surface area (Å²) in [5.41, 5.74) is 0. The number of nitrogens with one attached hydrogen (secondary N) is 1. The van der Waals surface area contributed by atoms with Gasteiger partial charge in [0.1, 0.15) is 0 Å². The van der Waals surface area contributed by atoms with Crippen LogP contribution < -0.4 is 5.32 Å². The molecule has 20 heavy (non-hydrogen) atoms. The van der Waals surface area contributed by atoms with Crippen molar-refractivity contribution >= 4 is 22.4 Å². The fourth-order valence-corrected chi connectivity index (χ4v) is 2.41. The second kappa shape index (κ2) is 6.87. The molecule has 2 N–H and O–H groups in total. The maximum absolute atomic E-state index is 12.3. The van der Waals surface area contributed by atoms with Crippen molar-refractivity contribution < 1.29 is 23.1 Å². The molecular formula is C11H16F3N3O2S. The van der Waals surface area contributed by atoms with E-state index in [2.05, 4.69) is 15.5 Å². The first-order valence-corrected chi connectivity index (χ1v) is 6.86. The molecule has 0 bridgehead atoms. The summed E-state index contributed by atoms with van der Waals surface area (Å²) in [5, 5.41) is 17.0. The fourth-order valence-electron chi connectivity index (χ4n) is 1.79. The van der Waals surface area contributed by atoms with Gasteiger partial charge in [0.2, 0.25) is 10.1 Å². The average Bonchev–Trinajstić information content (AvgIpc) is 2.72. The number of aliphatic carboxylic acids is 1. The molecule has 5 nitrogen and oxygen atoms in total. The van der Waals surface area contributed by atoms with Gasteiger partial charge in [0.05, 0.1) is 0 Å². The predicted molar refractivity (Wildman–Crippen MR) is 68.6 cm³/mol. The summed E-state index contributed by atoms with van der Waals surface area (Å²) < 4.78 is 37.0. The Bertz CT molecular complexity index is 448. The molecule has 0 aliphatic carbocycles. The molecule has 0 aliphatic rings. The number of nitrogens with zero attached hydrogens (tertiary/aromatic N) is 2. The number of carboxylic acids is 1. The highest BCUT2D eigenvalue weighted by Gasteiger charge is 2.35. The summed E-state index contributed by atoms with van der Waals surface area (Å²) in [4.78, 5) is 10.7. The Morgan fingerprint density at radius 3 is 2.50 bits per heavy atom. The highest BCUT2D eigenvalue weighted by atomic mass is 32.1. The lowest BCUT2D eigenvalue weighted by Gasteiger charge is -2.17. The number of anilines is 1. The van der Waals surface area contributed by atoms with E-state index in [9.17, 15) is 18.0 Å². The van der Waals surface area contributed by atoms with Crippen LogP contribution in [0.2, 0.25) is 0 Å². The number of carbonyl (C=O) groups is 1. The number of carboxylic acid groups (broad SMARTS) is 1. The van der Waals surface area contributed by atoms with E-state index in [1.165, 1.54) is 0 Å². The first-order chi connectivity index (χ1) is 9.18. The van der Waals surface area contributed by atoms with Crippen molar-refractivity contribution in [2.45, 2.75) is 32.9 Å². The number of hydrogen-bond acceptors (Lipinski definition) is 5. The lowest BCUT2D eigenvalue weighted by atomic mass is 9.94. The van der Waals surface area contributed by atoms with Gasteiger partial charge in [-0.05, 0) is 18.3 Å². The van der Waals surface area contributed by atoms with Gasteiger partial charge in [0, 0.05) is 13.0 Å². The number of alkyl halides is 3. The highest BCUT2D eigenvalue weighted by Crippen LogP contribution is 2.33. The Kier molecular flexibility index (Phi) is 5.73. The Labute approximate surface area is 118 Å². The summed E-state index contributed by atoms with van der Waals surface area (Å²) >= 11 is 0.414. The van der Waals surface area contributed by atoms with Gasteiger partial charge in [-0.2, -0.15) is 13.2 Å². The largest absolute Gasteiger partial charge is 0.481 e. The van der Waals surface area contributed by atoms with E-state index < -0.39 is 17.2 Å². The van der Waals surface area contributed by atoms with Gasteiger partial charge >= 0.3 is 12.1 Å². The third-order valence-corrected chi connectivity index (χ3v) is 3.40. The second-order valence-corrected chi connectivity index (χ2v) is 5.86. The zero-order valence-electron chi connectivity index (χ0n) is 11.1. The molecule has 0 aromatic carbocycles. The van der Waals surface area contributed by atoms with Crippen LogP contribution in [0.15, 0.2) is 0 Å². The number of hydrogen-bond donors (Lipinski definition) is 2. The van der Waals surface area contributed by atoms with Crippen molar-refractivity contribution in [2.75, 3.05) is 11.9 Å². The van der Waals surface area contributed by atoms with Gasteiger partial charge in [0.25, 0.3) is 0 Å². The molecule has 0 fully saturated rings. The third kappa shape index (κ3) is 5.72. The highest BCUT2D eigenvalue weighted by molar-refractivity contribution is 7.15. The minimum Gasteiger partial charge on any atom is -0.481 e. The number of rotatable bonds is 7.